The van der Waals surface area contributed by atoms with E-state index in [9.17, 15) is 4.79 Å². The molecule has 2 aromatic heterocycles. The standard InChI is InChI=1S/C26H26ClN7O3/c1-4-36-20-9-10-22(31-16-20)17(2)34(23-8-6-5-7-21(23)27)24(32-28)11-12-26(33-29)37-18(3)19-13-14-30-25(35)15-19/h5-16H,2-4,28-29H2,1H3,(H,30,35)/b12-11+,32-24-,33-26-. The van der Waals surface area contributed by atoms with Gasteiger partial charge in [0.25, 0.3) is 0 Å². The summed E-state index contributed by atoms with van der Waals surface area (Å²) >= 11 is 6.51. The van der Waals surface area contributed by atoms with E-state index in [1.165, 1.54) is 24.4 Å². The molecular formula is C26H26ClN7O3. The van der Waals surface area contributed by atoms with E-state index in [1.54, 1.807) is 47.5 Å². The average molecular weight is 520 g/mol. The predicted octanol–water partition coefficient (Wildman–Crippen LogP) is 4.09. The summed E-state index contributed by atoms with van der Waals surface area (Å²) in [5, 5.41) is 7.98. The van der Waals surface area contributed by atoms with Crippen molar-refractivity contribution in [3.8, 4) is 5.75 Å². The number of hydrogen-bond donors (Lipinski definition) is 3. The van der Waals surface area contributed by atoms with Gasteiger partial charge >= 0.3 is 0 Å². The van der Waals surface area contributed by atoms with Crippen molar-refractivity contribution < 1.29 is 9.47 Å². The molecule has 5 N–H and O–H groups in total. The van der Waals surface area contributed by atoms with Crippen LogP contribution in [-0.2, 0) is 4.74 Å². The zero-order valence-electron chi connectivity index (χ0n) is 20.1. The number of para-hydroxylation sites is 1. The van der Waals surface area contributed by atoms with Crippen LogP contribution in [0.15, 0.2) is 101 Å². The van der Waals surface area contributed by atoms with Gasteiger partial charge in [-0.1, -0.05) is 36.9 Å². The molecular weight excluding hydrogens is 494 g/mol. The molecule has 3 rings (SSSR count). The maximum Gasteiger partial charge on any atom is 0.248 e. The lowest BCUT2D eigenvalue weighted by Crippen LogP contribution is -2.29. The Balaban J connectivity index is 1.92. The van der Waals surface area contributed by atoms with Crippen LogP contribution in [0.25, 0.3) is 11.5 Å². The van der Waals surface area contributed by atoms with Gasteiger partial charge in [-0.25, -0.2) is 0 Å². The second kappa shape index (κ2) is 12.8. The number of nitrogens with two attached hydrogens (primary N) is 2. The number of H-pyrrole nitrogens is 1. The van der Waals surface area contributed by atoms with E-state index in [2.05, 4.69) is 33.3 Å². The van der Waals surface area contributed by atoms with Crippen molar-refractivity contribution >= 4 is 40.5 Å². The monoisotopic (exact) mass is 519 g/mol. The van der Waals surface area contributed by atoms with Gasteiger partial charge < -0.3 is 26.1 Å². The molecule has 190 valence electrons. The minimum atomic E-state index is -0.307. The van der Waals surface area contributed by atoms with Crippen LogP contribution in [0.1, 0.15) is 18.2 Å². The molecule has 0 saturated heterocycles. The SMILES string of the molecule is C=C(OC(/C=C/C(=N/N)N(C(=C)c1ccc(OCC)cn1)c1ccccc1Cl)=N\N)c1cc[nH]c(=O)c1. The minimum absolute atomic E-state index is 0.0182. The third-order valence-corrected chi connectivity index (χ3v) is 5.21. The molecule has 37 heavy (non-hydrogen) atoms. The summed E-state index contributed by atoms with van der Waals surface area (Å²) in [5.41, 5.74) is 1.67. The highest BCUT2D eigenvalue weighted by molar-refractivity contribution is 6.34. The Bertz CT molecular complexity index is 1410. The van der Waals surface area contributed by atoms with Crippen molar-refractivity contribution in [1.82, 2.24) is 9.97 Å². The maximum atomic E-state index is 11.6. The summed E-state index contributed by atoms with van der Waals surface area (Å²) in [6.45, 7) is 10.4. The lowest BCUT2D eigenvalue weighted by Gasteiger charge is -2.27. The van der Waals surface area contributed by atoms with E-state index in [4.69, 9.17) is 32.8 Å². The van der Waals surface area contributed by atoms with Crippen LogP contribution in [0.5, 0.6) is 5.75 Å². The summed E-state index contributed by atoms with van der Waals surface area (Å²) in [6.07, 6.45) is 6.02. The van der Waals surface area contributed by atoms with Gasteiger partial charge in [-0.3, -0.25) is 14.7 Å². The summed E-state index contributed by atoms with van der Waals surface area (Å²) in [6, 6.07) is 13.6. The molecule has 0 amide bonds. The Labute approximate surface area is 218 Å². The molecule has 0 aliphatic carbocycles. The number of nitrogens with one attached hydrogen (secondary N) is 1. The number of rotatable bonds is 9. The first kappa shape index (κ1) is 26.8. The fourth-order valence-corrected chi connectivity index (χ4v) is 3.41. The Hall–Kier alpha value is -4.83. The highest BCUT2D eigenvalue weighted by atomic mass is 35.5. The Morgan fingerprint density at radius 2 is 1.95 bits per heavy atom. The molecule has 1 aromatic carbocycles. The van der Waals surface area contributed by atoms with Crippen molar-refractivity contribution in [2.24, 2.45) is 21.9 Å². The molecule has 0 atom stereocenters. The van der Waals surface area contributed by atoms with E-state index in [1.807, 2.05) is 13.0 Å². The van der Waals surface area contributed by atoms with E-state index < -0.39 is 0 Å². The molecule has 0 aliphatic heterocycles. The second-order valence-electron chi connectivity index (χ2n) is 7.30. The summed E-state index contributed by atoms with van der Waals surface area (Å²) < 4.78 is 11.1. The van der Waals surface area contributed by atoms with Crippen molar-refractivity contribution in [1.29, 1.82) is 0 Å². The first-order chi connectivity index (χ1) is 17.9. The van der Waals surface area contributed by atoms with Gasteiger partial charge in [0, 0.05) is 23.9 Å². The maximum absolute atomic E-state index is 11.6. The van der Waals surface area contributed by atoms with Crippen molar-refractivity contribution in [2.45, 2.75) is 6.92 Å². The predicted molar refractivity (Wildman–Crippen MR) is 148 cm³/mol. The number of aromatic amines is 1. The van der Waals surface area contributed by atoms with Crippen LogP contribution >= 0.6 is 11.6 Å². The lowest BCUT2D eigenvalue weighted by molar-refractivity contribution is 0.339. The van der Waals surface area contributed by atoms with E-state index in [-0.39, 0.29) is 23.1 Å². The fraction of sp³-hybridized carbons (Fsp3) is 0.0769. The molecule has 3 aromatic rings. The van der Waals surface area contributed by atoms with Gasteiger partial charge in [0.1, 0.15) is 11.5 Å². The van der Waals surface area contributed by atoms with Crippen LogP contribution in [-0.4, -0.2) is 28.3 Å². The number of halogens is 1. The van der Waals surface area contributed by atoms with Gasteiger partial charge in [-0.05, 0) is 43.3 Å². The number of amidine groups is 1. The number of pyridine rings is 2. The first-order valence-corrected chi connectivity index (χ1v) is 11.4. The second-order valence-corrected chi connectivity index (χ2v) is 7.71. The molecule has 10 nitrogen and oxygen atoms in total. The van der Waals surface area contributed by atoms with E-state index in [0.29, 0.717) is 40.0 Å². The largest absolute Gasteiger partial charge is 0.492 e. The fourth-order valence-electron chi connectivity index (χ4n) is 3.19. The minimum Gasteiger partial charge on any atom is -0.492 e. The normalized spacial score (nSPS) is 11.8. The number of hydrogen-bond acceptors (Lipinski definition) is 8. The zero-order valence-corrected chi connectivity index (χ0v) is 20.9. The molecule has 0 saturated carbocycles. The summed E-state index contributed by atoms with van der Waals surface area (Å²) in [7, 11) is 0. The van der Waals surface area contributed by atoms with Crippen LogP contribution in [0, 0.1) is 0 Å². The smallest absolute Gasteiger partial charge is 0.248 e. The Kier molecular flexibility index (Phi) is 9.23. The van der Waals surface area contributed by atoms with Gasteiger partial charge in [-0.15, -0.1) is 5.10 Å². The highest BCUT2D eigenvalue weighted by Gasteiger charge is 2.20. The molecule has 11 heteroatoms. The quantitative estimate of drug-likeness (QED) is 0.127. The van der Waals surface area contributed by atoms with E-state index >= 15 is 0 Å². The number of aromatic nitrogens is 2. The zero-order chi connectivity index (χ0) is 26.8. The molecule has 0 spiro atoms. The number of nitrogens with zero attached hydrogens (tertiary/aromatic N) is 4. The molecule has 2 heterocycles. The van der Waals surface area contributed by atoms with Gasteiger partial charge in [0.15, 0.2) is 5.84 Å². The summed E-state index contributed by atoms with van der Waals surface area (Å²) in [4.78, 5) is 20.2. The summed E-state index contributed by atoms with van der Waals surface area (Å²) in [5.74, 6) is 12.3. The number of anilines is 1. The van der Waals surface area contributed by atoms with Crippen LogP contribution in [0.2, 0.25) is 5.02 Å². The third kappa shape index (κ3) is 6.86. The van der Waals surface area contributed by atoms with Crippen LogP contribution in [0.4, 0.5) is 5.69 Å². The third-order valence-electron chi connectivity index (χ3n) is 4.89. The topological polar surface area (TPSA) is 144 Å². The number of hydrazone groups is 2. The number of benzene rings is 1. The van der Waals surface area contributed by atoms with E-state index in [0.717, 1.165) is 0 Å². The molecule has 0 radical (unpaired) electrons. The molecule has 0 bridgehead atoms. The number of ether oxygens (including phenoxy) is 2. The highest BCUT2D eigenvalue weighted by Crippen LogP contribution is 2.32. The van der Waals surface area contributed by atoms with Crippen molar-refractivity contribution in [3.63, 3.8) is 0 Å². The molecule has 0 unspecified atom stereocenters. The van der Waals surface area contributed by atoms with Gasteiger partial charge in [0.05, 0.1) is 34.9 Å². The van der Waals surface area contributed by atoms with Crippen LogP contribution < -0.4 is 26.9 Å². The molecule has 0 aliphatic rings. The van der Waals surface area contributed by atoms with Crippen LogP contribution in [0.3, 0.4) is 0 Å². The first-order valence-electron chi connectivity index (χ1n) is 11.0. The molecule has 0 fully saturated rings. The Morgan fingerprint density at radius 1 is 1.16 bits per heavy atom. The lowest BCUT2D eigenvalue weighted by atomic mass is 10.2. The van der Waals surface area contributed by atoms with Gasteiger partial charge in [-0.2, -0.15) is 5.10 Å². The van der Waals surface area contributed by atoms with Crippen molar-refractivity contribution in [3.05, 3.63) is 113 Å². The van der Waals surface area contributed by atoms with Gasteiger partial charge in [0.2, 0.25) is 11.5 Å². The average Bonchev–Trinajstić information content (AvgIpc) is 2.91. The Morgan fingerprint density at radius 3 is 2.57 bits per heavy atom. The van der Waals surface area contributed by atoms with Crippen molar-refractivity contribution in [2.75, 3.05) is 11.5 Å².